The molecule has 1 aliphatic heterocycles. The first-order chi connectivity index (χ1) is 10.3. The van der Waals surface area contributed by atoms with Gasteiger partial charge in [-0.15, -0.1) is 24.0 Å². The van der Waals surface area contributed by atoms with Crippen molar-refractivity contribution >= 4 is 47.4 Å². The SMILES string of the molecule is CN=C(NCCCSC)N1CCN(c2ccccc2)CC1.I. The lowest BCUT2D eigenvalue weighted by atomic mass is 10.2. The Bertz CT molecular complexity index is 433. The molecule has 22 heavy (non-hydrogen) atoms. The first kappa shape index (κ1) is 19.4. The maximum atomic E-state index is 4.41. The fourth-order valence-corrected chi connectivity index (χ4v) is 3.00. The van der Waals surface area contributed by atoms with Gasteiger partial charge in [-0.05, 0) is 30.6 Å². The highest BCUT2D eigenvalue weighted by Gasteiger charge is 2.19. The topological polar surface area (TPSA) is 30.9 Å². The first-order valence-corrected chi connectivity index (χ1v) is 8.99. The van der Waals surface area contributed by atoms with Crippen molar-refractivity contribution in [3.63, 3.8) is 0 Å². The molecule has 4 nitrogen and oxygen atoms in total. The molecular weight excluding hydrogens is 407 g/mol. The van der Waals surface area contributed by atoms with E-state index in [9.17, 15) is 0 Å². The molecule has 0 bridgehead atoms. The minimum absolute atomic E-state index is 0. The van der Waals surface area contributed by atoms with Gasteiger partial charge in [-0.2, -0.15) is 11.8 Å². The second-order valence-electron chi connectivity index (χ2n) is 5.13. The fourth-order valence-electron chi connectivity index (χ4n) is 2.56. The van der Waals surface area contributed by atoms with E-state index >= 15 is 0 Å². The van der Waals surface area contributed by atoms with Crippen LogP contribution in [-0.2, 0) is 0 Å². The van der Waals surface area contributed by atoms with Gasteiger partial charge in [0.1, 0.15) is 0 Å². The Kier molecular flexibility index (Phi) is 9.70. The van der Waals surface area contributed by atoms with Gasteiger partial charge in [0, 0.05) is 45.5 Å². The Labute approximate surface area is 155 Å². The maximum absolute atomic E-state index is 4.41. The third-order valence-corrected chi connectivity index (χ3v) is 4.42. The number of thioether (sulfide) groups is 1. The minimum atomic E-state index is 0. The Morgan fingerprint density at radius 2 is 1.86 bits per heavy atom. The van der Waals surface area contributed by atoms with Crippen molar-refractivity contribution in [1.82, 2.24) is 10.2 Å². The van der Waals surface area contributed by atoms with Gasteiger partial charge in [0.2, 0.25) is 0 Å². The number of guanidine groups is 1. The molecule has 0 amide bonds. The molecule has 0 unspecified atom stereocenters. The first-order valence-electron chi connectivity index (χ1n) is 7.59. The van der Waals surface area contributed by atoms with Gasteiger partial charge in [-0.25, -0.2) is 0 Å². The molecule has 0 radical (unpaired) electrons. The van der Waals surface area contributed by atoms with Gasteiger partial charge < -0.3 is 15.1 Å². The Morgan fingerprint density at radius 1 is 1.18 bits per heavy atom. The molecule has 0 spiro atoms. The average Bonchev–Trinajstić information content (AvgIpc) is 2.56. The summed E-state index contributed by atoms with van der Waals surface area (Å²) in [5.74, 6) is 2.25. The molecule has 0 aromatic heterocycles. The van der Waals surface area contributed by atoms with Crippen LogP contribution in [0, 0.1) is 0 Å². The number of para-hydroxylation sites is 1. The number of nitrogens with one attached hydrogen (secondary N) is 1. The zero-order valence-electron chi connectivity index (χ0n) is 13.5. The van der Waals surface area contributed by atoms with Crippen LogP contribution in [0.2, 0.25) is 0 Å². The van der Waals surface area contributed by atoms with E-state index in [4.69, 9.17) is 0 Å². The molecule has 1 fully saturated rings. The van der Waals surface area contributed by atoms with Crippen LogP contribution in [0.1, 0.15) is 6.42 Å². The lowest BCUT2D eigenvalue weighted by molar-refractivity contribution is 0.373. The van der Waals surface area contributed by atoms with Gasteiger partial charge in [0.25, 0.3) is 0 Å². The van der Waals surface area contributed by atoms with Crippen LogP contribution in [-0.4, -0.2) is 62.6 Å². The van der Waals surface area contributed by atoms with Crippen molar-refractivity contribution in [2.75, 3.05) is 56.7 Å². The number of aliphatic imine (C=N–C) groups is 1. The van der Waals surface area contributed by atoms with Gasteiger partial charge in [-0.3, -0.25) is 4.99 Å². The number of hydrogen-bond acceptors (Lipinski definition) is 3. The summed E-state index contributed by atoms with van der Waals surface area (Å²) in [6, 6.07) is 10.7. The highest BCUT2D eigenvalue weighted by molar-refractivity contribution is 14.0. The lowest BCUT2D eigenvalue weighted by Crippen LogP contribution is -2.52. The van der Waals surface area contributed by atoms with Gasteiger partial charge in [0.05, 0.1) is 0 Å². The summed E-state index contributed by atoms with van der Waals surface area (Å²) in [6.45, 7) is 5.16. The maximum Gasteiger partial charge on any atom is 0.193 e. The predicted molar refractivity (Wildman–Crippen MR) is 110 cm³/mol. The average molecular weight is 434 g/mol. The van der Waals surface area contributed by atoms with E-state index in [1.807, 2.05) is 18.8 Å². The molecule has 0 atom stereocenters. The van der Waals surface area contributed by atoms with Crippen LogP contribution in [0.15, 0.2) is 35.3 Å². The normalized spacial score (nSPS) is 15.5. The molecule has 2 rings (SSSR count). The molecular formula is C16H27IN4S. The number of hydrogen-bond donors (Lipinski definition) is 1. The zero-order chi connectivity index (χ0) is 14.9. The van der Waals surface area contributed by atoms with Crippen LogP contribution in [0.25, 0.3) is 0 Å². The van der Waals surface area contributed by atoms with Crippen molar-refractivity contribution in [2.45, 2.75) is 6.42 Å². The summed E-state index contributed by atoms with van der Waals surface area (Å²) in [5.41, 5.74) is 1.32. The van der Waals surface area contributed by atoms with E-state index in [0.29, 0.717) is 0 Å². The van der Waals surface area contributed by atoms with Crippen LogP contribution in [0.5, 0.6) is 0 Å². The quantitative estimate of drug-likeness (QED) is 0.334. The molecule has 0 saturated carbocycles. The van der Waals surface area contributed by atoms with Crippen molar-refractivity contribution in [1.29, 1.82) is 0 Å². The molecule has 1 aromatic carbocycles. The van der Waals surface area contributed by atoms with E-state index in [0.717, 1.165) is 38.7 Å². The number of piperazine rings is 1. The Hall–Kier alpha value is -0.630. The summed E-state index contributed by atoms with van der Waals surface area (Å²) in [7, 11) is 1.88. The number of anilines is 1. The molecule has 1 aromatic rings. The van der Waals surface area contributed by atoms with E-state index in [1.54, 1.807) is 0 Å². The Morgan fingerprint density at radius 3 is 2.45 bits per heavy atom. The molecule has 1 saturated heterocycles. The van der Waals surface area contributed by atoms with Gasteiger partial charge >= 0.3 is 0 Å². The van der Waals surface area contributed by atoms with Crippen molar-refractivity contribution in [3.8, 4) is 0 Å². The molecule has 1 aliphatic rings. The number of halogens is 1. The van der Waals surface area contributed by atoms with E-state index in [-0.39, 0.29) is 24.0 Å². The highest BCUT2D eigenvalue weighted by Crippen LogP contribution is 2.15. The van der Waals surface area contributed by atoms with Crippen molar-refractivity contribution in [3.05, 3.63) is 30.3 Å². The minimum Gasteiger partial charge on any atom is -0.368 e. The summed E-state index contributed by atoms with van der Waals surface area (Å²) in [4.78, 5) is 9.21. The molecule has 6 heteroatoms. The molecule has 1 heterocycles. The van der Waals surface area contributed by atoms with E-state index in [2.05, 4.69) is 56.7 Å². The Balaban J connectivity index is 0.00000242. The molecule has 0 aliphatic carbocycles. The third-order valence-electron chi connectivity index (χ3n) is 3.72. The van der Waals surface area contributed by atoms with Crippen LogP contribution < -0.4 is 10.2 Å². The van der Waals surface area contributed by atoms with Crippen LogP contribution in [0.3, 0.4) is 0 Å². The second kappa shape index (κ2) is 11.0. The number of benzene rings is 1. The van der Waals surface area contributed by atoms with Crippen LogP contribution in [0.4, 0.5) is 5.69 Å². The second-order valence-corrected chi connectivity index (χ2v) is 6.12. The van der Waals surface area contributed by atoms with E-state index in [1.165, 1.54) is 17.9 Å². The standard InChI is InChI=1S/C16H26N4S.HI/c1-17-16(18-9-6-14-21-2)20-12-10-19(11-13-20)15-7-4-3-5-8-15;/h3-5,7-8H,6,9-14H2,1-2H3,(H,17,18);1H. The summed E-state index contributed by atoms with van der Waals surface area (Å²) in [6.07, 6.45) is 3.34. The van der Waals surface area contributed by atoms with Gasteiger partial charge in [-0.1, -0.05) is 18.2 Å². The van der Waals surface area contributed by atoms with Crippen molar-refractivity contribution in [2.24, 2.45) is 4.99 Å². The summed E-state index contributed by atoms with van der Waals surface area (Å²) >= 11 is 1.89. The summed E-state index contributed by atoms with van der Waals surface area (Å²) < 4.78 is 0. The lowest BCUT2D eigenvalue weighted by Gasteiger charge is -2.37. The zero-order valence-corrected chi connectivity index (χ0v) is 16.6. The van der Waals surface area contributed by atoms with Gasteiger partial charge in [0.15, 0.2) is 5.96 Å². The third kappa shape index (κ3) is 5.87. The highest BCUT2D eigenvalue weighted by atomic mass is 127. The predicted octanol–water partition coefficient (Wildman–Crippen LogP) is 2.76. The van der Waals surface area contributed by atoms with E-state index < -0.39 is 0 Å². The molecule has 1 N–H and O–H groups in total. The number of nitrogens with zero attached hydrogens (tertiary/aromatic N) is 3. The summed E-state index contributed by atoms with van der Waals surface area (Å²) in [5, 5.41) is 3.47. The van der Waals surface area contributed by atoms with Crippen LogP contribution >= 0.6 is 35.7 Å². The molecule has 124 valence electrons. The van der Waals surface area contributed by atoms with Crippen molar-refractivity contribution < 1.29 is 0 Å². The smallest absolute Gasteiger partial charge is 0.193 e. The monoisotopic (exact) mass is 434 g/mol. The largest absolute Gasteiger partial charge is 0.368 e. The fraction of sp³-hybridized carbons (Fsp3) is 0.562. The number of rotatable bonds is 5.